The maximum absolute atomic E-state index is 12.9. The lowest BCUT2D eigenvalue weighted by Crippen LogP contribution is -2.49. The van der Waals surface area contributed by atoms with Crippen molar-refractivity contribution in [2.75, 3.05) is 27.2 Å². The molecule has 0 bridgehead atoms. The van der Waals surface area contributed by atoms with Crippen molar-refractivity contribution in [1.29, 1.82) is 0 Å². The summed E-state index contributed by atoms with van der Waals surface area (Å²) in [7, 11) is -0.399. The summed E-state index contributed by atoms with van der Waals surface area (Å²) < 4.78 is 32.8. The van der Waals surface area contributed by atoms with Crippen LogP contribution in [0.2, 0.25) is 0 Å². The van der Waals surface area contributed by atoms with Crippen LogP contribution in [0.3, 0.4) is 0 Å². The van der Waals surface area contributed by atoms with E-state index in [0.29, 0.717) is 5.56 Å². The van der Waals surface area contributed by atoms with Crippen LogP contribution in [0, 0.1) is 5.92 Å². The molecule has 0 aliphatic carbocycles. The van der Waals surface area contributed by atoms with E-state index in [9.17, 15) is 18.0 Å². The minimum Gasteiger partial charge on any atom is -0.373 e. The van der Waals surface area contributed by atoms with E-state index in [4.69, 9.17) is 4.74 Å². The van der Waals surface area contributed by atoms with Crippen LogP contribution in [0.15, 0.2) is 29.2 Å². The molecule has 1 aliphatic rings. The number of carbonyl (C=O) groups is 2. The minimum absolute atomic E-state index is 0.0844. The number of sulfonamides is 1. The van der Waals surface area contributed by atoms with Crippen LogP contribution < -0.4 is 5.32 Å². The molecule has 1 fully saturated rings. The fraction of sp³-hybridized carbons (Fsp3) is 0.600. The number of amides is 2. The molecule has 2 amide bonds. The first kappa shape index (κ1) is 23.3. The molecule has 8 nitrogen and oxygen atoms in total. The van der Waals surface area contributed by atoms with Crippen LogP contribution in [0.25, 0.3) is 0 Å². The highest BCUT2D eigenvalue weighted by Gasteiger charge is 2.32. The number of likely N-dealkylation sites (N-methyl/N-ethyl adjacent to an activating group) is 1. The standard InChI is InChI=1S/C20H31N3O5S/c1-13(2)18(20(25)22(5)6)21-19(24)16-7-9-17(10-8-16)29(26,27)23-11-14(3)28-15(4)12-23/h7-10,13-15,18H,11-12H2,1-6H3,(H,21,24). The number of nitrogens with one attached hydrogen (secondary N) is 1. The molecule has 0 radical (unpaired) electrons. The van der Waals surface area contributed by atoms with Gasteiger partial charge in [0.2, 0.25) is 15.9 Å². The van der Waals surface area contributed by atoms with E-state index in [0.717, 1.165) is 0 Å². The summed E-state index contributed by atoms with van der Waals surface area (Å²) in [6, 6.07) is 5.12. The first-order valence-electron chi connectivity index (χ1n) is 9.71. The molecular weight excluding hydrogens is 394 g/mol. The van der Waals surface area contributed by atoms with Crippen LogP contribution in [-0.2, 0) is 19.6 Å². The quantitative estimate of drug-likeness (QED) is 0.742. The SMILES string of the molecule is CC1CN(S(=O)(=O)c2ccc(C(=O)NC(C(=O)N(C)C)C(C)C)cc2)CC(C)O1. The molecule has 1 aromatic carbocycles. The van der Waals surface area contributed by atoms with Crippen molar-refractivity contribution in [3.8, 4) is 0 Å². The molecule has 1 saturated heterocycles. The Kier molecular flexibility index (Phi) is 7.42. The number of rotatable bonds is 6. The normalized spacial score (nSPS) is 21.6. The number of ether oxygens (including phenoxy) is 1. The molecule has 0 saturated carbocycles. The lowest BCUT2D eigenvalue weighted by Gasteiger charge is -2.34. The van der Waals surface area contributed by atoms with Gasteiger partial charge in [0.25, 0.3) is 5.91 Å². The van der Waals surface area contributed by atoms with Gasteiger partial charge in [-0.25, -0.2) is 8.42 Å². The summed E-state index contributed by atoms with van der Waals surface area (Å²) in [6.07, 6.45) is -0.360. The van der Waals surface area contributed by atoms with Gasteiger partial charge in [0.1, 0.15) is 6.04 Å². The molecule has 0 aromatic heterocycles. The molecule has 1 N–H and O–H groups in total. The third-order valence-corrected chi connectivity index (χ3v) is 6.65. The summed E-state index contributed by atoms with van der Waals surface area (Å²) in [4.78, 5) is 26.4. The van der Waals surface area contributed by atoms with E-state index in [1.165, 1.54) is 33.5 Å². The average Bonchev–Trinajstić information content (AvgIpc) is 2.64. The molecule has 1 heterocycles. The van der Waals surface area contributed by atoms with Gasteiger partial charge in [-0.15, -0.1) is 0 Å². The molecule has 1 aromatic rings. The monoisotopic (exact) mass is 425 g/mol. The fourth-order valence-electron chi connectivity index (χ4n) is 3.27. The lowest BCUT2D eigenvalue weighted by molar-refractivity contribution is -0.131. The topological polar surface area (TPSA) is 96.0 Å². The predicted octanol–water partition coefficient (Wildman–Crippen LogP) is 1.33. The molecule has 3 unspecified atom stereocenters. The van der Waals surface area contributed by atoms with Crippen molar-refractivity contribution in [2.45, 2.75) is 50.8 Å². The first-order valence-corrected chi connectivity index (χ1v) is 11.1. The summed E-state index contributed by atoms with van der Waals surface area (Å²) in [5.41, 5.74) is 0.296. The van der Waals surface area contributed by atoms with Crippen LogP contribution >= 0.6 is 0 Å². The highest BCUT2D eigenvalue weighted by Crippen LogP contribution is 2.21. The van der Waals surface area contributed by atoms with E-state index in [1.807, 2.05) is 27.7 Å². The van der Waals surface area contributed by atoms with Crippen molar-refractivity contribution < 1.29 is 22.7 Å². The van der Waals surface area contributed by atoms with Crippen molar-refractivity contribution >= 4 is 21.8 Å². The van der Waals surface area contributed by atoms with E-state index >= 15 is 0 Å². The predicted molar refractivity (Wildman–Crippen MR) is 110 cm³/mol. The summed E-state index contributed by atoms with van der Waals surface area (Å²) in [5, 5.41) is 2.74. The third-order valence-electron chi connectivity index (χ3n) is 4.80. The van der Waals surface area contributed by atoms with Gasteiger partial charge in [-0.2, -0.15) is 4.31 Å². The highest BCUT2D eigenvalue weighted by molar-refractivity contribution is 7.89. The number of carbonyl (C=O) groups excluding carboxylic acids is 2. The van der Waals surface area contributed by atoms with E-state index in [2.05, 4.69) is 5.32 Å². The molecular formula is C20H31N3O5S. The Morgan fingerprint density at radius 1 is 1.10 bits per heavy atom. The number of hydrogen-bond donors (Lipinski definition) is 1. The van der Waals surface area contributed by atoms with Crippen LogP contribution in [0.4, 0.5) is 0 Å². The zero-order valence-corrected chi connectivity index (χ0v) is 18.7. The molecule has 29 heavy (non-hydrogen) atoms. The van der Waals surface area contributed by atoms with E-state index in [1.54, 1.807) is 14.1 Å². The summed E-state index contributed by atoms with van der Waals surface area (Å²) in [5.74, 6) is -0.696. The Balaban J connectivity index is 2.16. The zero-order valence-electron chi connectivity index (χ0n) is 17.9. The second-order valence-corrected chi connectivity index (χ2v) is 9.97. The van der Waals surface area contributed by atoms with Crippen molar-refractivity contribution in [3.05, 3.63) is 29.8 Å². The first-order chi connectivity index (χ1) is 13.4. The molecule has 162 valence electrons. The van der Waals surface area contributed by atoms with Gasteiger partial charge < -0.3 is 15.0 Å². The van der Waals surface area contributed by atoms with Gasteiger partial charge in [-0.1, -0.05) is 13.8 Å². The third kappa shape index (κ3) is 5.55. The van der Waals surface area contributed by atoms with Crippen molar-refractivity contribution in [3.63, 3.8) is 0 Å². The van der Waals surface area contributed by atoms with Crippen molar-refractivity contribution in [2.24, 2.45) is 5.92 Å². The maximum atomic E-state index is 12.9. The molecule has 3 atom stereocenters. The van der Waals surface area contributed by atoms with Gasteiger partial charge in [-0.3, -0.25) is 9.59 Å². The number of nitrogens with zero attached hydrogens (tertiary/aromatic N) is 2. The zero-order chi connectivity index (χ0) is 21.9. The molecule has 0 spiro atoms. The van der Waals surface area contributed by atoms with Gasteiger partial charge in [-0.05, 0) is 44.0 Å². The van der Waals surface area contributed by atoms with E-state index in [-0.39, 0.29) is 42.0 Å². The maximum Gasteiger partial charge on any atom is 0.251 e. The molecule has 9 heteroatoms. The summed E-state index contributed by atoms with van der Waals surface area (Å²) >= 11 is 0. The Morgan fingerprint density at radius 3 is 2.07 bits per heavy atom. The number of hydrogen-bond acceptors (Lipinski definition) is 5. The Bertz CT molecular complexity index is 826. The second-order valence-electron chi connectivity index (χ2n) is 8.03. The molecule has 2 rings (SSSR count). The Labute approximate surface area is 173 Å². The highest BCUT2D eigenvalue weighted by atomic mass is 32.2. The summed E-state index contributed by atoms with van der Waals surface area (Å²) in [6.45, 7) is 7.96. The fourth-order valence-corrected chi connectivity index (χ4v) is 4.86. The Hall–Kier alpha value is -1.97. The van der Waals surface area contributed by atoms with Gasteiger partial charge in [0.15, 0.2) is 0 Å². The van der Waals surface area contributed by atoms with Gasteiger partial charge >= 0.3 is 0 Å². The average molecular weight is 426 g/mol. The smallest absolute Gasteiger partial charge is 0.251 e. The second kappa shape index (κ2) is 9.23. The van der Waals surface area contributed by atoms with Crippen LogP contribution in [-0.4, -0.2) is 74.9 Å². The molecule has 1 aliphatic heterocycles. The van der Waals surface area contributed by atoms with Crippen LogP contribution in [0.5, 0.6) is 0 Å². The van der Waals surface area contributed by atoms with Gasteiger partial charge in [0.05, 0.1) is 17.1 Å². The number of morpholine rings is 1. The number of benzene rings is 1. The van der Waals surface area contributed by atoms with Crippen LogP contribution in [0.1, 0.15) is 38.1 Å². The lowest BCUT2D eigenvalue weighted by atomic mass is 10.0. The van der Waals surface area contributed by atoms with E-state index < -0.39 is 22.0 Å². The minimum atomic E-state index is -3.67. The Morgan fingerprint density at radius 2 is 1.62 bits per heavy atom. The van der Waals surface area contributed by atoms with Crippen molar-refractivity contribution in [1.82, 2.24) is 14.5 Å². The van der Waals surface area contributed by atoms with Gasteiger partial charge in [0, 0.05) is 32.7 Å². The largest absolute Gasteiger partial charge is 0.373 e.